The van der Waals surface area contributed by atoms with Crippen LogP contribution in [-0.4, -0.2) is 71.5 Å². The van der Waals surface area contributed by atoms with Crippen molar-refractivity contribution in [2.45, 2.75) is 51.2 Å². The fourth-order valence-corrected chi connectivity index (χ4v) is 5.11. The zero-order valence-electron chi connectivity index (χ0n) is 16.9. The maximum atomic E-state index is 5.49. The van der Waals surface area contributed by atoms with E-state index in [0.29, 0.717) is 0 Å². The molecule has 0 atom stereocenters. The Morgan fingerprint density at radius 2 is 1.79 bits per heavy atom. The van der Waals surface area contributed by atoms with E-state index in [1.807, 2.05) is 0 Å². The summed E-state index contributed by atoms with van der Waals surface area (Å²) in [6, 6.07) is 9.34. The lowest BCUT2D eigenvalue weighted by molar-refractivity contribution is 0.0373. The highest BCUT2D eigenvalue weighted by Gasteiger charge is 2.30. The molecule has 5 rings (SSSR count). The topological polar surface area (TPSA) is 36.8 Å². The minimum atomic E-state index is 0.727. The van der Waals surface area contributed by atoms with E-state index in [-0.39, 0.29) is 0 Å². The minimum Gasteiger partial charge on any atom is -0.379 e. The van der Waals surface area contributed by atoms with Gasteiger partial charge in [-0.25, -0.2) is 4.98 Å². The van der Waals surface area contributed by atoms with E-state index in [1.54, 1.807) is 0 Å². The molecule has 6 nitrogen and oxygen atoms in total. The van der Waals surface area contributed by atoms with Crippen molar-refractivity contribution in [2.75, 3.05) is 51.0 Å². The van der Waals surface area contributed by atoms with Crippen molar-refractivity contribution in [3.8, 4) is 0 Å². The summed E-state index contributed by atoms with van der Waals surface area (Å²) in [6.07, 6.45) is 8.06. The first-order valence-electron chi connectivity index (χ1n) is 11.1. The molecule has 152 valence electrons. The van der Waals surface area contributed by atoms with Gasteiger partial charge in [-0.15, -0.1) is 0 Å². The Kier molecular flexibility index (Phi) is 5.52. The zero-order valence-corrected chi connectivity index (χ0v) is 16.9. The lowest BCUT2D eigenvalue weighted by atomic mass is 9.94. The number of nitrogens with zero attached hydrogens (tertiary/aromatic N) is 5. The van der Waals surface area contributed by atoms with Crippen molar-refractivity contribution in [3.05, 3.63) is 24.3 Å². The van der Waals surface area contributed by atoms with Gasteiger partial charge < -0.3 is 9.64 Å². The largest absolute Gasteiger partial charge is 0.379 e. The van der Waals surface area contributed by atoms with Crippen LogP contribution in [0.2, 0.25) is 0 Å². The highest BCUT2D eigenvalue weighted by molar-refractivity contribution is 5.79. The van der Waals surface area contributed by atoms with Crippen LogP contribution >= 0.6 is 0 Å². The summed E-state index contributed by atoms with van der Waals surface area (Å²) in [6.45, 7) is 8.16. The van der Waals surface area contributed by atoms with Gasteiger partial charge in [-0.05, 0) is 31.4 Å². The van der Waals surface area contributed by atoms with Crippen molar-refractivity contribution >= 4 is 17.0 Å². The SMILES string of the molecule is c1ccc2c(c1)nc1n2CN(C2CCCCC2)CN1CCCN1CCOCC1. The first-order valence-corrected chi connectivity index (χ1v) is 11.1. The zero-order chi connectivity index (χ0) is 18.8. The van der Waals surface area contributed by atoms with E-state index in [4.69, 9.17) is 9.72 Å². The Balaban J connectivity index is 1.34. The Hall–Kier alpha value is -1.63. The molecule has 1 saturated heterocycles. The molecule has 0 unspecified atom stereocenters. The number of hydrogen-bond acceptors (Lipinski definition) is 5. The molecule has 0 amide bonds. The normalized spacial score (nSPS) is 22.6. The lowest BCUT2D eigenvalue weighted by Crippen LogP contribution is -2.50. The number of morpholine rings is 1. The van der Waals surface area contributed by atoms with Crippen LogP contribution in [0.25, 0.3) is 11.0 Å². The minimum absolute atomic E-state index is 0.727. The summed E-state index contributed by atoms with van der Waals surface area (Å²) in [5, 5.41) is 0. The average Bonchev–Trinajstić information content (AvgIpc) is 3.14. The quantitative estimate of drug-likeness (QED) is 0.793. The molecule has 28 heavy (non-hydrogen) atoms. The van der Waals surface area contributed by atoms with Crippen molar-refractivity contribution in [1.82, 2.24) is 19.4 Å². The smallest absolute Gasteiger partial charge is 0.208 e. The van der Waals surface area contributed by atoms with Crippen LogP contribution in [-0.2, 0) is 11.4 Å². The van der Waals surface area contributed by atoms with Gasteiger partial charge >= 0.3 is 0 Å². The second kappa shape index (κ2) is 8.39. The second-order valence-corrected chi connectivity index (χ2v) is 8.56. The Morgan fingerprint density at radius 3 is 2.64 bits per heavy atom. The molecule has 0 spiro atoms. The summed E-state index contributed by atoms with van der Waals surface area (Å²) in [7, 11) is 0. The maximum Gasteiger partial charge on any atom is 0.208 e. The van der Waals surface area contributed by atoms with Crippen molar-refractivity contribution < 1.29 is 4.74 Å². The fourth-order valence-electron chi connectivity index (χ4n) is 5.11. The maximum absolute atomic E-state index is 5.49. The number of para-hydroxylation sites is 2. The van der Waals surface area contributed by atoms with E-state index in [9.17, 15) is 0 Å². The van der Waals surface area contributed by atoms with Crippen LogP contribution in [0.1, 0.15) is 38.5 Å². The van der Waals surface area contributed by atoms with Crippen molar-refractivity contribution in [2.24, 2.45) is 0 Å². The summed E-state index contributed by atoms with van der Waals surface area (Å²) in [5.74, 6) is 1.16. The molecule has 0 radical (unpaired) electrons. The first kappa shape index (κ1) is 18.4. The van der Waals surface area contributed by atoms with Gasteiger partial charge in [0, 0.05) is 32.2 Å². The number of hydrogen-bond donors (Lipinski definition) is 0. The van der Waals surface area contributed by atoms with Crippen LogP contribution in [0.3, 0.4) is 0 Å². The standard InChI is InChI=1S/C22H33N5O/c1-2-7-19(8-3-1)26-17-25(12-6-11-24-13-15-28-16-14-24)22-23-20-9-4-5-10-21(20)27(22)18-26/h4-5,9-10,19H,1-3,6-8,11-18H2. The van der Waals surface area contributed by atoms with Gasteiger partial charge in [-0.3, -0.25) is 14.4 Å². The van der Waals surface area contributed by atoms with Gasteiger partial charge in [-0.2, -0.15) is 0 Å². The molecule has 2 fully saturated rings. The molecule has 1 aromatic heterocycles. The predicted octanol–water partition coefficient (Wildman–Crippen LogP) is 3.13. The van der Waals surface area contributed by atoms with Crippen LogP contribution in [0.15, 0.2) is 24.3 Å². The Morgan fingerprint density at radius 1 is 0.964 bits per heavy atom. The molecular formula is C22H33N5O. The van der Waals surface area contributed by atoms with Gasteiger partial charge in [0.05, 0.1) is 37.6 Å². The number of ether oxygens (including phenoxy) is 1. The molecule has 0 N–H and O–H groups in total. The fraction of sp³-hybridized carbons (Fsp3) is 0.682. The van der Waals surface area contributed by atoms with Crippen LogP contribution in [0.4, 0.5) is 5.95 Å². The molecule has 1 aromatic carbocycles. The molecule has 2 aromatic rings. The van der Waals surface area contributed by atoms with E-state index in [1.165, 1.54) is 44.0 Å². The molecule has 6 heteroatoms. The molecular weight excluding hydrogens is 350 g/mol. The number of anilines is 1. The molecule has 2 aliphatic heterocycles. The summed E-state index contributed by atoms with van der Waals surface area (Å²) < 4.78 is 7.93. The third-order valence-corrected chi connectivity index (χ3v) is 6.69. The molecule has 1 aliphatic carbocycles. The predicted molar refractivity (Wildman–Crippen MR) is 113 cm³/mol. The lowest BCUT2D eigenvalue weighted by Gasteiger charge is -2.42. The summed E-state index contributed by atoms with van der Waals surface area (Å²) in [5.41, 5.74) is 2.40. The number of benzene rings is 1. The number of imidazole rings is 1. The van der Waals surface area contributed by atoms with Crippen LogP contribution < -0.4 is 4.90 Å². The summed E-state index contributed by atoms with van der Waals surface area (Å²) in [4.78, 5) is 12.8. The van der Waals surface area contributed by atoms with Crippen LogP contribution in [0, 0.1) is 0 Å². The molecule has 3 aliphatic rings. The molecule has 3 heterocycles. The number of fused-ring (bicyclic) bond motifs is 3. The average molecular weight is 384 g/mol. The van der Waals surface area contributed by atoms with Crippen molar-refractivity contribution in [1.29, 1.82) is 0 Å². The second-order valence-electron chi connectivity index (χ2n) is 8.56. The number of rotatable bonds is 5. The Bertz CT molecular complexity index is 778. The number of aromatic nitrogens is 2. The van der Waals surface area contributed by atoms with E-state index in [2.05, 4.69) is 43.5 Å². The monoisotopic (exact) mass is 383 g/mol. The van der Waals surface area contributed by atoms with E-state index in [0.717, 1.165) is 70.2 Å². The van der Waals surface area contributed by atoms with Gasteiger partial charge in [0.2, 0.25) is 5.95 Å². The highest BCUT2D eigenvalue weighted by Crippen LogP contribution is 2.31. The Labute approximate surface area is 168 Å². The van der Waals surface area contributed by atoms with E-state index < -0.39 is 0 Å². The van der Waals surface area contributed by atoms with Crippen LogP contribution in [0.5, 0.6) is 0 Å². The summed E-state index contributed by atoms with van der Waals surface area (Å²) >= 11 is 0. The van der Waals surface area contributed by atoms with Crippen molar-refractivity contribution in [3.63, 3.8) is 0 Å². The van der Waals surface area contributed by atoms with E-state index >= 15 is 0 Å². The van der Waals surface area contributed by atoms with Gasteiger partial charge in [0.1, 0.15) is 0 Å². The third-order valence-electron chi connectivity index (χ3n) is 6.69. The first-order chi connectivity index (χ1) is 13.9. The van der Waals surface area contributed by atoms with Gasteiger partial charge in [-0.1, -0.05) is 31.4 Å². The van der Waals surface area contributed by atoms with Gasteiger partial charge in [0.25, 0.3) is 0 Å². The molecule has 1 saturated carbocycles. The highest BCUT2D eigenvalue weighted by atomic mass is 16.5. The van der Waals surface area contributed by atoms with Gasteiger partial charge in [0.15, 0.2) is 0 Å². The third kappa shape index (κ3) is 3.78. The molecule has 0 bridgehead atoms.